The Balaban J connectivity index is 2.05. The molecule has 1 aromatic carbocycles. The van der Waals surface area contributed by atoms with E-state index in [1.165, 1.54) is 5.56 Å². The van der Waals surface area contributed by atoms with Gasteiger partial charge in [-0.2, -0.15) is 0 Å². The molecule has 2 N–H and O–H groups in total. The molecule has 0 aliphatic heterocycles. The molecule has 1 aromatic heterocycles. The number of hydrogen-bond acceptors (Lipinski definition) is 3. The number of aromatic nitrogens is 2. The Morgan fingerprint density at radius 1 is 1.33 bits per heavy atom. The van der Waals surface area contributed by atoms with Crippen LogP contribution in [0.5, 0.6) is 0 Å². The first-order valence-corrected chi connectivity index (χ1v) is 6.52. The highest BCUT2D eigenvalue weighted by Gasteiger charge is 2.07. The standard InChI is InChI=1S/C14H21N3O/c1-3-8-18-9-4-7-17-13-6-5-11(2)10-12(13)16-14(17)15/h5-6,10H,3-4,7-9H2,1-2H3,(H2,15,16). The van der Waals surface area contributed by atoms with Gasteiger partial charge >= 0.3 is 0 Å². The first-order chi connectivity index (χ1) is 8.72. The third-order valence-corrected chi connectivity index (χ3v) is 2.95. The van der Waals surface area contributed by atoms with E-state index in [1.54, 1.807) is 0 Å². The molecule has 0 radical (unpaired) electrons. The number of benzene rings is 1. The second-order valence-corrected chi connectivity index (χ2v) is 4.58. The molecule has 98 valence electrons. The van der Waals surface area contributed by atoms with Crippen molar-refractivity contribution >= 4 is 17.0 Å². The number of fused-ring (bicyclic) bond motifs is 1. The molecular formula is C14H21N3O. The number of ether oxygens (including phenoxy) is 1. The molecule has 2 rings (SSSR count). The van der Waals surface area contributed by atoms with E-state index in [0.717, 1.165) is 43.6 Å². The summed E-state index contributed by atoms with van der Waals surface area (Å²) in [4.78, 5) is 4.39. The lowest BCUT2D eigenvalue weighted by Gasteiger charge is -2.07. The molecule has 0 saturated heterocycles. The molecule has 0 atom stereocenters. The highest BCUT2D eigenvalue weighted by Crippen LogP contribution is 2.19. The fourth-order valence-electron chi connectivity index (χ4n) is 2.06. The van der Waals surface area contributed by atoms with Gasteiger partial charge in [-0.05, 0) is 37.5 Å². The van der Waals surface area contributed by atoms with E-state index >= 15 is 0 Å². The van der Waals surface area contributed by atoms with Crippen molar-refractivity contribution in [2.45, 2.75) is 33.2 Å². The van der Waals surface area contributed by atoms with Crippen LogP contribution in [0.2, 0.25) is 0 Å². The lowest BCUT2D eigenvalue weighted by molar-refractivity contribution is 0.129. The van der Waals surface area contributed by atoms with Crippen molar-refractivity contribution in [1.29, 1.82) is 0 Å². The molecule has 0 unspecified atom stereocenters. The summed E-state index contributed by atoms with van der Waals surface area (Å²) in [5, 5.41) is 0. The molecule has 0 saturated carbocycles. The number of nitrogens with zero attached hydrogens (tertiary/aromatic N) is 2. The first kappa shape index (κ1) is 12.9. The summed E-state index contributed by atoms with van der Waals surface area (Å²) in [5.41, 5.74) is 9.24. The van der Waals surface area contributed by atoms with E-state index in [-0.39, 0.29) is 0 Å². The van der Waals surface area contributed by atoms with Crippen LogP contribution < -0.4 is 5.73 Å². The summed E-state index contributed by atoms with van der Waals surface area (Å²) in [6.07, 6.45) is 2.03. The van der Waals surface area contributed by atoms with Gasteiger partial charge in [0.15, 0.2) is 0 Å². The molecule has 4 nitrogen and oxygen atoms in total. The van der Waals surface area contributed by atoms with Crippen molar-refractivity contribution in [3.63, 3.8) is 0 Å². The maximum absolute atomic E-state index is 5.96. The minimum atomic E-state index is 0.589. The summed E-state index contributed by atoms with van der Waals surface area (Å²) >= 11 is 0. The number of nitrogens with two attached hydrogens (primary N) is 1. The molecule has 0 amide bonds. The zero-order valence-corrected chi connectivity index (χ0v) is 11.1. The van der Waals surface area contributed by atoms with Crippen LogP contribution in [0.4, 0.5) is 5.95 Å². The molecule has 4 heteroatoms. The number of nitrogen functional groups attached to an aromatic ring is 1. The Bertz CT molecular complexity index is 519. The van der Waals surface area contributed by atoms with Gasteiger partial charge in [-0.3, -0.25) is 0 Å². The summed E-state index contributed by atoms with van der Waals surface area (Å²) in [6, 6.07) is 6.24. The van der Waals surface area contributed by atoms with E-state index in [0.29, 0.717) is 5.95 Å². The summed E-state index contributed by atoms with van der Waals surface area (Å²) in [5.74, 6) is 0.589. The minimum absolute atomic E-state index is 0.589. The van der Waals surface area contributed by atoms with Gasteiger partial charge in [-0.1, -0.05) is 13.0 Å². The number of imidazole rings is 1. The summed E-state index contributed by atoms with van der Waals surface area (Å²) in [7, 11) is 0. The smallest absolute Gasteiger partial charge is 0.201 e. The van der Waals surface area contributed by atoms with Gasteiger partial charge in [0.1, 0.15) is 0 Å². The molecule has 0 spiro atoms. The average molecular weight is 247 g/mol. The van der Waals surface area contributed by atoms with Crippen LogP contribution in [0.25, 0.3) is 11.0 Å². The number of rotatable bonds is 6. The first-order valence-electron chi connectivity index (χ1n) is 6.52. The maximum Gasteiger partial charge on any atom is 0.201 e. The van der Waals surface area contributed by atoms with Gasteiger partial charge in [0, 0.05) is 19.8 Å². The molecule has 0 aliphatic rings. The van der Waals surface area contributed by atoms with Crippen molar-refractivity contribution < 1.29 is 4.74 Å². The highest BCUT2D eigenvalue weighted by molar-refractivity contribution is 5.79. The van der Waals surface area contributed by atoms with Crippen LogP contribution in [-0.4, -0.2) is 22.8 Å². The van der Waals surface area contributed by atoms with Crippen molar-refractivity contribution in [2.24, 2.45) is 0 Å². The Morgan fingerprint density at radius 2 is 2.17 bits per heavy atom. The third-order valence-electron chi connectivity index (χ3n) is 2.95. The van der Waals surface area contributed by atoms with Crippen LogP contribution in [0.3, 0.4) is 0 Å². The Kier molecular flexibility index (Phi) is 4.20. The zero-order chi connectivity index (χ0) is 13.0. The molecule has 18 heavy (non-hydrogen) atoms. The zero-order valence-electron chi connectivity index (χ0n) is 11.1. The van der Waals surface area contributed by atoms with Crippen LogP contribution in [0.1, 0.15) is 25.3 Å². The van der Waals surface area contributed by atoms with E-state index in [4.69, 9.17) is 10.5 Å². The van der Waals surface area contributed by atoms with E-state index in [2.05, 4.69) is 41.6 Å². The summed E-state index contributed by atoms with van der Waals surface area (Å²) in [6.45, 7) is 6.64. The predicted octanol–water partition coefficient (Wildman–Crippen LogP) is 2.74. The minimum Gasteiger partial charge on any atom is -0.381 e. The van der Waals surface area contributed by atoms with Crippen molar-refractivity contribution in [2.75, 3.05) is 18.9 Å². The largest absolute Gasteiger partial charge is 0.381 e. The summed E-state index contributed by atoms with van der Waals surface area (Å²) < 4.78 is 7.54. The van der Waals surface area contributed by atoms with E-state index in [9.17, 15) is 0 Å². The van der Waals surface area contributed by atoms with Gasteiger partial charge in [0.25, 0.3) is 0 Å². The SMILES string of the molecule is CCCOCCCn1c(N)nc2cc(C)ccc21. The number of anilines is 1. The molecular weight excluding hydrogens is 226 g/mol. The fourth-order valence-corrected chi connectivity index (χ4v) is 2.06. The Labute approximate surface area is 108 Å². The lowest BCUT2D eigenvalue weighted by Crippen LogP contribution is -2.06. The number of hydrogen-bond donors (Lipinski definition) is 1. The monoisotopic (exact) mass is 247 g/mol. The second kappa shape index (κ2) is 5.87. The topological polar surface area (TPSA) is 53.1 Å². The van der Waals surface area contributed by atoms with E-state index in [1.807, 2.05) is 0 Å². The maximum atomic E-state index is 5.96. The van der Waals surface area contributed by atoms with E-state index < -0.39 is 0 Å². The molecule has 0 fully saturated rings. The normalized spacial score (nSPS) is 11.2. The molecule has 2 aromatic rings. The van der Waals surface area contributed by atoms with Gasteiger partial charge in [-0.15, -0.1) is 0 Å². The lowest BCUT2D eigenvalue weighted by atomic mass is 10.2. The quantitative estimate of drug-likeness (QED) is 0.798. The van der Waals surface area contributed by atoms with Crippen LogP contribution in [-0.2, 0) is 11.3 Å². The third kappa shape index (κ3) is 2.82. The van der Waals surface area contributed by atoms with Crippen molar-refractivity contribution in [3.8, 4) is 0 Å². The van der Waals surface area contributed by atoms with Crippen LogP contribution in [0.15, 0.2) is 18.2 Å². The Hall–Kier alpha value is -1.55. The molecule has 0 aliphatic carbocycles. The number of aryl methyl sites for hydroxylation is 2. The molecule has 1 heterocycles. The average Bonchev–Trinajstić information content (AvgIpc) is 2.64. The Morgan fingerprint density at radius 3 is 2.94 bits per heavy atom. The van der Waals surface area contributed by atoms with Crippen molar-refractivity contribution in [3.05, 3.63) is 23.8 Å². The van der Waals surface area contributed by atoms with Crippen LogP contribution >= 0.6 is 0 Å². The van der Waals surface area contributed by atoms with Crippen molar-refractivity contribution in [1.82, 2.24) is 9.55 Å². The van der Waals surface area contributed by atoms with Gasteiger partial charge in [0.2, 0.25) is 5.95 Å². The van der Waals surface area contributed by atoms with Gasteiger partial charge in [-0.25, -0.2) is 4.98 Å². The van der Waals surface area contributed by atoms with Gasteiger partial charge in [0.05, 0.1) is 11.0 Å². The highest BCUT2D eigenvalue weighted by atomic mass is 16.5. The van der Waals surface area contributed by atoms with Crippen LogP contribution in [0, 0.1) is 6.92 Å². The fraction of sp³-hybridized carbons (Fsp3) is 0.500. The predicted molar refractivity (Wildman–Crippen MR) is 74.6 cm³/mol. The molecule has 0 bridgehead atoms. The second-order valence-electron chi connectivity index (χ2n) is 4.58. The van der Waals surface area contributed by atoms with Gasteiger partial charge < -0.3 is 15.0 Å².